The Kier molecular flexibility index (Phi) is 4.93. The molecule has 1 aromatic carbocycles. The van der Waals surface area contributed by atoms with Gasteiger partial charge in [0.1, 0.15) is 5.69 Å². The van der Waals surface area contributed by atoms with Crippen LogP contribution in [0.3, 0.4) is 0 Å². The molecule has 5 nitrogen and oxygen atoms in total. The second kappa shape index (κ2) is 7.30. The molecule has 2 aromatic heterocycles. The molecule has 1 amide bonds. The maximum absolute atomic E-state index is 12.3. The number of hydrogen-bond donors (Lipinski definition) is 1. The van der Waals surface area contributed by atoms with Crippen molar-refractivity contribution in [2.24, 2.45) is 0 Å². The second-order valence-corrected chi connectivity index (χ2v) is 6.14. The van der Waals surface area contributed by atoms with Gasteiger partial charge in [0.15, 0.2) is 0 Å². The molecule has 5 heteroatoms. The Hall–Kier alpha value is -2.95. The second-order valence-electron chi connectivity index (χ2n) is 6.14. The fourth-order valence-electron chi connectivity index (χ4n) is 2.83. The molecule has 0 aliphatic carbocycles. The highest BCUT2D eigenvalue weighted by Gasteiger charge is 2.14. The van der Waals surface area contributed by atoms with Crippen LogP contribution in [-0.4, -0.2) is 20.7 Å². The Morgan fingerprint density at radius 3 is 2.52 bits per heavy atom. The molecule has 0 aliphatic rings. The number of nitrogens with one attached hydrogen (secondary N) is 1. The van der Waals surface area contributed by atoms with E-state index in [0.29, 0.717) is 12.2 Å². The zero-order valence-electron chi connectivity index (χ0n) is 14.8. The van der Waals surface area contributed by atoms with Crippen molar-refractivity contribution in [3.63, 3.8) is 0 Å². The quantitative estimate of drug-likeness (QED) is 0.779. The number of amides is 1. The van der Waals surface area contributed by atoms with Crippen LogP contribution in [0.1, 0.15) is 38.7 Å². The summed E-state index contributed by atoms with van der Waals surface area (Å²) in [7, 11) is 0. The van der Waals surface area contributed by atoms with Gasteiger partial charge in [-0.15, -0.1) is 0 Å². The van der Waals surface area contributed by atoms with Gasteiger partial charge >= 0.3 is 0 Å². The van der Waals surface area contributed by atoms with Gasteiger partial charge in [-0.25, -0.2) is 4.98 Å². The van der Waals surface area contributed by atoms with Crippen molar-refractivity contribution in [2.45, 2.75) is 33.9 Å². The molecule has 0 saturated carbocycles. The van der Waals surface area contributed by atoms with E-state index in [1.807, 2.05) is 55.8 Å². The number of aryl methyl sites for hydroxylation is 2. The SMILES string of the molecule is Cc1cccc(C(=O)NCc2c(C)nn(Cc3ccccc3)c2C)n1. The molecule has 0 atom stereocenters. The minimum atomic E-state index is -0.168. The van der Waals surface area contributed by atoms with E-state index in [1.165, 1.54) is 5.56 Å². The van der Waals surface area contributed by atoms with E-state index >= 15 is 0 Å². The molecule has 2 heterocycles. The number of pyridine rings is 1. The number of hydrogen-bond acceptors (Lipinski definition) is 3. The van der Waals surface area contributed by atoms with Crippen molar-refractivity contribution in [3.8, 4) is 0 Å². The lowest BCUT2D eigenvalue weighted by Gasteiger charge is -2.07. The average molecular weight is 334 g/mol. The first-order valence-electron chi connectivity index (χ1n) is 8.33. The first kappa shape index (κ1) is 16.9. The number of carbonyl (C=O) groups excluding carboxylic acids is 1. The van der Waals surface area contributed by atoms with E-state index in [1.54, 1.807) is 6.07 Å². The van der Waals surface area contributed by atoms with Crippen LogP contribution in [0.25, 0.3) is 0 Å². The summed E-state index contributed by atoms with van der Waals surface area (Å²) < 4.78 is 1.98. The first-order chi connectivity index (χ1) is 12.0. The molecule has 3 rings (SSSR count). The summed E-state index contributed by atoms with van der Waals surface area (Å²) in [6, 6.07) is 15.7. The van der Waals surface area contributed by atoms with Crippen molar-refractivity contribution in [1.29, 1.82) is 0 Å². The highest BCUT2D eigenvalue weighted by molar-refractivity contribution is 5.92. The number of rotatable bonds is 5. The molecule has 0 spiro atoms. The van der Waals surface area contributed by atoms with Crippen molar-refractivity contribution in [1.82, 2.24) is 20.1 Å². The van der Waals surface area contributed by atoms with Crippen molar-refractivity contribution >= 4 is 5.91 Å². The van der Waals surface area contributed by atoms with Crippen molar-refractivity contribution in [3.05, 3.63) is 82.4 Å². The van der Waals surface area contributed by atoms with Gasteiger partial charge in [0.25, 0.3) is 5.91 Å². The summed E-state index contributed by atoms with van der Waals surface area (Å²) in [6.07, 6.45) is 0. The fraction of sp³-hybridized carbons (Fsp3) is 0.250. The Morgan fingerprint density at radius 2 is 1.80 bits per heavy atom. The molecule has 0 bridgehead atoms. The van der Waals surface area contributed by atoms with Gasteiger partial charge in [-0.3, -0.25) is 9.48 Å². The van der Waals surface area contributed by atoms with E-state index in [0.717, 1.165) is 29.2 Å². The zero-order chi connectivity index (χ0) is 17.8. The molecule has 3 aromatic rings. The minimum Gasteiger partial charge on any atom is -0.346 e. The number of aromatic nitrogens is 3. The summed E-state index contributed by atoms with van der Waals surface area (Å²) in [6.45, 7) is 7.05. The van der Waals surface area contributed by atoms with E-state index < -0.39 is 0 Å². The zero-order valence-corrected chi connectivity index (χ0v) is 14.8. The lowest BCUT2D eigenvalue weighted by Crippen LogP contribution is -2.24. The smallest absolute Gasteiger partial charge is 0.270 e. The molecule has 128 valence electrons. The van der Waals surface area contributed by atoms with Gasteiger partial charge in [-0.1, -0.05) is 36.4 Å². The monoisotopic (exact) mass is 334 g/mol. The molecule has 0 aliphatic heterocycles. The van der Waals surface area contributed by atoms with Crippen LogP contribution in [-0.2, 0) is 13.1 Å². The predicted octanol–water partition coefficient (Wildman–Crippen LogP) is 3.18. The molecule has 0 radical (unpaired) electrons. The largest absolute Gasteiger partial charge is 0.346 e. The molecule has 0 unspecified atom stereocenters. The highest BCUT2D eigenvalue weighted by Crippen LogP contribution is 2.15. The fourth-order valence-corrected chi connectivity index (χ4v) is 2.83. The third-order valence-electron chi connectivity index (χ3n) is 4.25. The lowest BCUT2D eigenvalue weighted by molar-refractivity contribution is 0.0945. The Labute approximate surface area is 147 Å². The van der Waals surface area contributed by atoms with E-state index in [2.05, 4.69) is 27.5 Å². The van der Waals surface area contributed by atoms with E-state index in [-0.39, 0.29) is 5.91 Å². The average Bonchev–Trinajstić information content (AvgIpc) is 2.87. The predicted molar refractivity (Wildman–Crippen MR) is 97.4 cm³/mol. The number of benzene rings is 1. The first-order valence-corrected chi connectivity index (χ1v) is 8.33. The van der Waals surface area contributed by atoms with Crippen LogP contribution in [0.2, 0.25) is 0 Å². The molecule has 0 saturated heterocycles. The van der Waals surface area contributed by atoms with Crippen molar-refractivity contribution < 1.29 is 4.79 Å². The number of carbonyl (C=O) groups is 1. The van der Waals surface area contributed by atoms with Gasteiger partial charge < -0.3 is 5.32 Å². The third-order valence-corrected chi connectivity index (χ3v) is 4.25. The summed E-state index contributed by atoms with van der Waals surface area (Å²) in [5, 5.41) is 7.57. The standard InChI is InChI=1S/C20H22N4O/c1-14-8-7-11-19(22-14)20(25)21-12-18-15(2)23-24(16(18)3)13-17-9-5-4-6-10-17/h4-11H,12-13H2,1-3H3,(H,21,25). The summed E-state index contributed by atoms with van der Waals surface area (Å²) in [4.78, 5) is 16.5. The summed E-state index contributed by atoms with van der Waals surface area (Å²) in [5.41, 5.74) is 5.53. The van der Waals surface area contributed by atoms with Crippen LogP contribution < -0.4 is 5.32 Å². The van der Waals surface area contributed by atoms with Crippen LogP contribution in [0.15, 0.2) is 48.5 Å². The van der Waals surface area contributed by atoms with Crippen LogP contribution in [0.5, 0.6) is 0 Å². The van der Waals surface area contributed by atoms with E-state index in [4.69, 9.17) is 0 Å². The number of nitrogens with zero attached hydrogens (tertiary/aromatic N) is 3. The molecule has 1 N–H and O–H groups in total. The molecule has 0 fully saturated rings. The lowest BCUT2D eigenvalue weighted by atomic mass is 10.2. The maximum Gasteiger partial charge on any atom is 0.270 e. The summed E-state index contributed by atoms with van der Waals surface area (Å²) in [5.74, 6) is -0.168. The van der Waals surface area contributed by atoms with Crippen LogP contribution in [0, 0.1) is 20.8 Å². The summed E-state index contributed by atoms with van der Waals surface area (Å²) >= 11 is 0. The van der Waals surface area contributed by atoms with Gasteiger partial charge in [0.05, 0.1) is 12.2 Å². The minimum absolute atomic E-state index is 0.168. The van der Waals surface area contributed by atoms with Gasteiger partial charge in [0.2, 0.25) is 0 Å². The van der Waals surface area contributed by atoms with Crippen LogP contribution >= 0.6 is 0 Å². The molecule has 25 heavy (non-hydrogen) atoms. The third kappa shape index (κ3) is 3.94. The molecular formula is C20H22N4O. The molecular weight excluding hydrogens is 312 g/mol. The van der Waals surface area contributed by atoms with Crippen molar-refractivity contribution in [2.75, 3.05) is 0 Å². The maximum atomic E-state index is 12.3. The Balaban J connectivity index is 1.72. The van der Waals surface area contributed by atoms with Gasteiger partial charge in [-0.2, -0.15) is 5.10 Å². The van der Waals surface area contributed by atoms with Crippen LogP contribution in [0.4, 0.5) is 0 Å². The van der Waals surface area contributed by atoms with Gasteiger partial charge in [0, 0.05) is 23.5 Å². The Bertz CT molecular complexity index is 884. The highest BCUT2D eigenvalue weighted by atomic mass is 16.1. The van der Waals surface area contributed by atoms with E-state index in [9.17, 15) is 4.79 Å². The van der Waals surface area contributed by atoms with Gasteiger partial charge in [-0.05, 0) is 38.5 Å². The normalized spacial score (nSPS) is 10.7. The topological polar surface area (TPSA) is 59.8 Å². The Morgan fingerprint density at radius 1 is 1.04 bits per heavy atom.